The van der Waals surface area contributed by atoms with Crippen molar-refractivity contribution in [1.29, 1.82) is 0 Å². The van der Waals surface area contributed by atoms with Crippen LogP contribution < -0.4 is 11.1 Å². The zero-order valence-corrected chi connectivity index (χ0v) is 10.8. The van der Waals surface area contributed by atoms with E-state index >= 15 is 0 Å². The molecule has 104 valence electrons. The summed E-state index contributed by atoms with van der Waals surface area (Å²) in [6.45, 7) is 0.236. The predicted octanol–water partition coefficient (Wildman–Crippen LogP) is -0.262. The zero-order chi connectivity index (χ0) is 13.9. The van der Waals surface area contributed by atoms with Gasteiger partial charge in [-0.25, -0.2) is 4.98 Å². The van der Waals surface area contributed by atoms with E-state index in [0.717, 1.165) is 12.8 Å². The number of oxime groups is 1. The highest BCUT2D eigenvalue weighted by molar-refractivity contribution is 6.06. The van der Waals surface area contributed by atoms with Crippen molar-refractivity contribution >= 4 is 11.7 Å². The number of amidine groups is 1. The maximum absolute atomic E-state index is 12.3. The molecule has 8 nitrogen and oxygen atoms in total. The highest BCUT2D eigenvalue weighted by Crippen LogP contribution is 2.38. The topological polar surface area (TPSA) is 118 Å². The number of aromatic nitrogens is 3. The van der Waals surface area contributed by atoms with E-state index in [1.165, 1.54) is 0 Å². The van der Waals surface area contributed by atoms with Gasteiger partial charge in [0.2, 0.25) is 5.91 Å². The second-order valence-corrected chi connectivity index (χ2v) is 4.79. The number of carbonyl (C=O) groups is 1. The summed E-state index contributed by atoms with van der Waals surface area (Å²) in [4.78, 5) is 16.3. The molecule has 0 saturated heterocycles. The fourth-order valence-electron chi connectivity index (χ4n) is 2.47. The molecule has 1 amide bonds. The molecule has 0 spiro atoms. The molecule has 1 aliphatic rings. The van der Waals surface area contributed by atoms with Crippen LogP contribution in [0.3, 0.4) is 0 Å². The largest absolute Gasteiger partial charge is 0.409 e. The van der Waals surface area contributed by atoms with E-state index in [9.17, 15) is 4.79 Å². The third-order valence-electron chi connectivity index (χ3n) is 3.54. The molecule has 0 bridgehead atoms. The molecule has 0 unspecified atom stereocenters. The second-order valence-electron chi connectivity index (χ2n) is 4.79. The number of nitrogens with zero attached hydrogens (tertiary/aromatic N) is 4. The summed E-state index contributed by atoms with van der Waals surface area (Å²) in [5, 5.41) is 18.7. The van der Waals surface area contributed by atoms with E-state index in [2.05, 4.69) is 20.6 Å². The van der Waals surface area contributed by atoms with Gasteiger partial charge in [0.15, 0.2) is 11.7 Å². The summed E-state index contributed by atoms with van der Waals surface area (Å²) < 4.78 is 1.57. The Morgan fingerprint density at radius 2 is 2.32 bits per heavy atom. The molecule has 1 fully saturated rings. The molecule has 1 aliphatic carbocycles. The molecular formula is C11H18N6O2. The minimum Gasteiger partial charge on any atom is -0.409 e. The number of aryl methyl sites for hydroxylation is 1. The monoisotopic (exact) mass is 266 g/mol. The normalized spacial score (nSPS) is 18.5. The van der Waals surface area contributed by atoms with Crippen molar-refractivity contribution in [2.45, 2.75) is 32.2 Å². The van der Waals surface area contributed by atoms with Gasteiger partial charge in [0, 0.05) is 7.05 Å². The first kappa shape index (κ1) is 13.3. The molecule has 1 aromatic heterocycles. The Kier molecular flexibility index (Phi) is 3.68. The number of hydrogen-bond donors (Lipinski definition) is 3. The Hall–Kier alpha value is -2.12. The van der Waals surface area contributed by atoms with Gasteiger partial charge in [-0.05, 0) is 12.8 Å². The van der Waals surface area contributed by atoms with Gasteiger partial charge in [-0.2, -0.15) is 5.10 Å². The lowest BCUT2D eigenvalue weighted by Crippen LogP contribution is -2.48. The third-order valence-corrected chi connectivity index (χ3v) is 3.54. The van der Waals surface area contributed by atoms with Crippen LogP contribution in [0.5, 0.6) is 0 Å². The van der Waals surface area contributed by atoms with E-state index in [1.54, 1.807) is 18.1 Å². The molecule has 4 N–H and O–H groups in total. The van der Waals surface area contributed by atoms with Crippen molar-refractivity contribution in [3.63, 3.8) is 0 Å². The standard InChI is InChI=1S/C11H18N6O2/c1-17-7-14-8(15-17)6-13-10(18)11(9(12)16-19)4-2-3-5-11/h7,19H,2-6H2,1H3,(H2,12,16)(H,13,18). The number of nitrogens with one attached hydrogen (secondary N) is 1. The Balaban J connectivity index is 2.04. The summed E-state index contributed by atoms with van der Waals surface area (Å²) in [6, 6.07) is 0. The first-order valence-electron chi connectivity index (χ1n) is 6.19. The summed E-state index contributed by atoms with van der Waals surface area (Å²) in [6.07, 6.45) is 4.56. The van der Waals surface area contributed by atoms with E-state index in [0.29, 0.717) is 18.7 Å². The van der Waals surface area contributed by atoms with Gasteiger partial charge in [-0.1, -0.05) is 18.0 Å². The molecule has 0 radical (unpaired) electrons. The fourth-order valence-corrected chi connectivity index (χ4v) is 2.47. The van der Waals surface area contributed by atoms with Crippen molar-refractivity contribution in [2.24, 2.45) is 23.4 Å². The van der Waals surface area contributed by atoms with Gasteiger partial charge >= 0.3 is 0 Å². The van der Waals surface area contributed by atoms with Crippen LogP contribution in [-0.4, -0.2) is 31.7 Å². The third kappa shape index (κ3) is 2.51. The second kappa shape index (κ2) is 5.25. The van der Waals surface area contributed by atoms with Crippen LogP contribution >= 0.6 is 0 Å². The van der Waals surface area contributed by atoms with E-state index in [-0.39, 0.29) is 18.3 Å². The van der Waals surface area contributed by atoms with Crippen LogP contribution in [0.4, 0.5) is 0 Å². The zero-order valence-electron chi connectivity index (χ0n) is 10.8. The first-order chi connectivity index (χ1) is 9.08. The Bertz CT molecular complexity index is 489. The molecule has 1 aromatic rings. The lowest BCUT2D eigenvalue weighted by molar-refractivity contribution is -0.127. The lowest BCUT2D eigenvalue weighted by atomic mass is 9.84. The molecule has 19 heavy (non-hydrogen) atoms. The van der Waals surface area contributed by atoms with Crippen LogP contribution in [0.15, 0.2) is 11.5 Å². The highest BCUT2D eigenvalue weighted by atomic mass is 16.4. The average Bonchev–Trinajstić information content (AvgIpc) is 3.04. The smallest absolute Gasteiger partial charge is 0.234 e. The van der Waals surface area contributed by atoms with Crippen molar-refractivity contribution in [1.82, 2.24) is 20.1 Å². The summed E-state index contributed by atoms with van der Waals surface area (Å²) in [5.74, 6) is 0.285. The van der Waals surface area contributed by atoms with E-state index in [4.69, 9.17) is 10.9 Å². The Morgan fingerprint density at radius 3 is 2.84 bits per heavy atom. The quantitative estimate of drug-likeness (QED) is 0.300. The highest BCUT2D eigenvalue weighted by Gasteiger charge is 2.45. The van der Waals surface area contributed by atoms with Gasteiger partial charge in [-0.15, -0.1) is 0 Å². The van der Waals surface area contributed by atoms with Gasteiger partial charge in [0.05, 0.1) is 6.54 Å². The maximum atomic E-state index is 12.3. The Labute approximate surface area is 110 Å². The molecule has 1 heterocycles. The number of nitrogens with two attached hydrogens (primary N) is 1. The van der Waals surface area contributed by atoms with Crippen LogP contribution in [0.25, 0.3) is 0 Å². The molecule has 2 rings (SSSR count). The van der Waals surface area contributed by atoms with Gasteiger partial charge in [0.1, 0.15) is 11.7 Å². The van der Waals surface area contributed by atoms with Crippen molar-refractivity contribution in [3.05, 3.63) is 12.2 Å². The summed E-state index contributed by atoms with van der Waals surface area (Å²) in [5.41, 5.74) is 4.81. The van der Waals surface area contributed by atoms with Crippen LogP contribution in [0, 0.1) is 5.41 Å². The van der Waals surface area contributed by atoms with E-state index < -0.39 is 5.41 Å². The number of rotatable bonds is 4. The fraction of sp³-hybridized carbons (Fsp3) is 0.636. The minimum absolute atomic E-state index is 0.0171. The van der Waals surface area contributed by atoms with Crippen molar-refractivity contribution < 1.29 is 10.0 Å². The average molecular weight is 266 g/mol. The number of hydrogen-bond acceptors (Lipinski definition) is 5. The van der Waals surface area contributed by atoms with Gasteiger partial charge in [-0.3, -0.25) is 9.48 Å². The molecule has 8 heteroatoms. The van der Waals surface area contributed by atoms with Crippen LogP contribution in [-0.2, 0) is 18.4 Å². The van der Waals surface area contributed by atoms with Crippen LogP contribution in [0.2, 0.25) is 0 Å². The summed E-state index contributed by atoms with van der Waals surface area (Å²) in [7, 11) is 1.76. The van der Waals surface area contributed by atoms with Gasteiger partial charge < -0.3 is 16.3 Å². The van der Waals surface area contributed by atoms with Crippen LogP contribution in [0.1, 0.15) is 31.5 Å². The molecule has 0 atom stereocenters. The molecular weight excluding hydrogens is 248 g/mol. The minimum atomic E-state index is -0.885. The molecule has 0 aliphatic heterocycles. The van der Waals surface area contributed by atoms with E-state index in [1.807, 2.05) is 0 Å². The summed E-state index contributed by atoms with van der Waals surface area (Å²) >= 11 is 0. The molecule has 0 aromatic carbocycles. The SMILES string of the molecule is Cn1cnc(CNC(=O)C2(C(N)=NO)CCCC2)n1. The van der Waals surface area contributed by atoms with Crippen molar-refractivity contribution in [3.8, 4) is 0 Å². The first-order valence-corrected chi connectivity index (χ1v) is 6.19. The maximum Gasteiger partial charge on any atom is 0.234 e. The molecule has 1 saturated carbocycles. The predicted molar refractivity (Wildman–Crippen MR) is 67.2 cm³/mol. The van der Waals surface area contributed by atoms with Crippen molar-refractivity contribution in [2.75, 3.05) is 0 Å². The number of carbonyl (C=O) groups excluding carboxylic acids is 1. The lowest BCUT2D eigenvalue weighted by Gasteiger charge is -2.25. The van der Waals surface area contributed by atoms with Gasteiger partial charge in [0.25, 0.3) is 0 Å². The Morgan fingerprint density at radius 1 is 1.63 bits per heavy atom. The number of amides is 1.